The molecular weight excluding hydrogens is 322 g/mol. The van der Waals surface area contributed by atoms with Crippen LogP contribution in [0.3, 0.4) is 0 Å². The SMILES string of the molecule is CC(=O)c1ccc2c(c1O)OC1(CCCCC1)C(N1CCOCC1)O2. The highest BCUT2D eigenvalue weighted by Gasteiger charge is 2.51. The Morgan fingerprint density at radius 3 is 2.60 bits per heavy atom. The van der Waals surface area contributed by atoms with Crippen LogP contribution in [-0.4, -0.2) is 53.9 Å². The molecule has 1 unspecified atom stereocenters. The number of benzene rings is 1. The first kappa shape index (κ1) is 16.7. The van der Waals surface area contributed by atoms with E-state index in [4.69, 9.17) is 14.2 Å². The molecule has 25 heavy (non-hydrogen) atoms. The number of morpholine rings is 1. The van der Waals surface area contributed by atoms with Gasteiger partial charge in [-0.25, -0.2) is 0 Å². The first-order valence-electron chi connectivity index (χ1n) is 9.15. The zero-order chi connectivity index (χ0) is 17.4. The Hall–Kier alpha value is -1.79. The molecule has 6 heteroatoms. The van der Waals surface area contributed by atoms with Gasteiger partial charge in [0, 0.05) is 13.1 Å². The minimum absolute atomic E-state index is 0.102. The highest BCUT2D eigenvalue weighted by atomic mass is 16.6. The first-order valence-corrected chi connectivity index (χ1v) is 9.15. The molecule has 1 atom stereocenters. The average Bonchev–Trinajstić information content (AvgIpc) is 2.63. The van der Waals surface area contributed by atoms with Crippen molar-refractivity contribution in [3.63, 3.8) is 0 Å². The molecule has 2 fully saturated rings. The molecule has 2 heterocycles. The Morgan fingerprint density at radius 2 is 1.92 bits per heavy atom. The zero-order valence-corrected chi connectivity index (χ0v) is 14.6. The molecule has 1 spiro atoms. The Morgan fingerprint density at radius 1 is 1.20 bits per heavy atom. The van der Waals surface area contributed by atoms with Crippen LogP contribution in [0, 0.1) is 0 Å². The second-order valence-corrected chi connectivity index (χ2v) is 7.19. The molecule has 0 bridgehead atoms. The smallest absolute Gasteiger partial charge is 0.204 e. The number of ketones is 1. The van der Waals surface area contributed by atoms with Gasteiger partial charge in [0.25, 0.3) is 0 Å². The third-order valence-electron chi connectivity index (χ3n) is 5.55. The van der Waals surface area contributed by atoms with Crippen LogP contribution in [0.1, 0.15) is 49.4 Å². The van der Waals surface area contributed by atoms with E-state index in [0.717, 1.165) is 38.8 Å². The summed E-state index contributed by atoms with van der Waals surface area (Å²) in [7, 11) is 0. The van der Waals surface area contributed by atoms with E-state index in [9.17, 15) is 9.90 Å². The Labute approximate surface area is 147 Å². The van der Waals surface area contributed by atoms with Gasteiger partial charge in [-0.05, 0) is 44.7 Å². The average molecular weight is 347 g/mol. The molecule has 0 radical (unpaired) electrons. The van der Waals surface area contributed by atoms with Gasteiger partial charge in [0.15, 0.2) is 29.1 Å². The van der Waals surface area contributed by atoms with Crippen LogP contribution in [-0.2, 0) is 4.74 Å². The lowest BCUT2D eigenvalue weighted by Crippen LogP contribution is -2.63. The fourth-order valence-corrected chi connectivity index (χ4v) is 4.23. The summed E-state index contributed by atoms with van der Waals surface area (Å²) in [5.41, 5.74) is -0.201. The van der Waals surface area contributed by atoms with Crippen LogP contribution in [0.4, 0.5) is 0 Å². The number of hydrogen-bond acceptors (Lipinski definition) is 6. The second-order valence-electron chi connectivity index (χ2n) is 7.19. The first-order chi connectivity index (χ1) is 12.1. The summed E-state index contributed by atoms with van der Waals surface area (Å²) in [6.07, 6.45) is 4.93. The van der Waals surface area contributed by atoms with E-state index in [0.29, 0.717) is 24.7 Å². The summed E-state index contributed by atoms with van der Waals surface area (Å²) in [6, 6.07) is 3.34. The summed E-state index contributed by atoms with van der Waals surface area (Å²) < 4.78 is 18.3. The number of Topliss-reactive ketones (excluding diaryl/α,β-unsaturated/α-hetero) is 1. The maximum Gasteiger partial charge on any atom is 0.204 e. The van der Waals surface area contributed by atoms with Gasteiger partial charge < -0.3 is 19.3 Å². The molecule has 1 aliphatic carbocycles. The molecule has 0 aromatic heterocycles. The van der Waals surface area contributed by atoms with Gasteiger partial charge in [0.05, 0.1) is 18.8 Å². The maximum absolute atomic E-state index is 11.8. The van der Waals surface area contributed by atoms with E-state index >= 15 is 0 Å². The molecule has 1 N–H and O–H groups in total. The number of nitrogens with zero attached hydrogens (tertiary/aromatic N) is 1. The molecule has 3 aliphatic rings. The molecule has 1 saturated heterocycles. The van der Waals surface area contributed by atoms with E-state index in [-0.39, 0.29) is 23.3 Å². The van der Waals surface area contributed by atoms with Crippen LogP contribution < -0.4 is 9.47 Å². The molecule has 4 rings (SSSR count). The Balaban J connectivity index is 1.73. The van der Waals surface area contributed by atoms with Crippen molar-refractivity contribution in [2.45, 2.75) is 50.9 Å². The van der Waals surface area contributed by atoms with E-state index in [1.165, 1.54) is 13.3 Å². The van der Waals surface area contributed by atoms with Crippen molar-refractivity contribution in [3.05, 3.63) is 17.7 Å². The molecule has 6 nitrogen and oxygen atoms in total. The van der Waals surface area contributed by atoms with Crippen LogP contribution >= 0.6 is 0 Å². The summed E-state index contributed by atoms with van der Waals surface area (Å²) in [4.78, 5) is 14.0. The number of hydrogen-bond donors (Lipinski definition) is 1. The summed E-state index contributed by atoms with van der Waals surface area (Å²) in [6.45, 7) is 4.44. The third-order valence-corrected chi connectivity index (χ3v) is 5.55. The summed E-state index contributed by atoms with van der Waals surface area (Å²) in [5.74, 6) is 0.543. The van der Waals surface area contributed by atoms with Crippen LogP contribution in [0.5, 0.6) is 17.2 Å². The van der Waals surface area contributed by atoms with Gasteiger partial charge in [-0.15, -0.1) is 0 Å². The summed E-state index contributed by atoms with van der Waals surface area (Å²) in [5, 5.41) is 10.6. The number of fused-ring (bicyclic) bond motifs is 1. The topological polar surface area (TPSA) is 68.2 Å². The quantitative estimate of drug-likeness (QED) is 0.830. The van der Waals surface area contributed by atoms with Gasteiger partial charge in [0.2, 0.25) is 5.75 Å². The van der Waals surface area contributed by atoms with E-state index < -0.39 is 5.60 Å². The number of phenolic OH excluding ortho intramolecular Hbond substituents is 1. The van der Waals surface area contributed by atoms with Crippen LogP contribution in [0.2, 0.25) is 0 Å². The molecule has 136 valence electrons. The van der Waals surface area contributed by atoms with Crippen molar-refractivity contribution < 1.29 is 24.1 Å². The van der Waals surface area contributed by atoms with Gasteiger partial charge in [-0.3, -0.25) is 9.69 Å². The number of carbonyl (C=O) groups is 1. The minimum atomic E-state index is -0.477. The monoisotopic (exact) mass is 347 g/mol. The molecule has 1 aromatic carbocycles. The number of aromatic hydroxyl groups is 1. The van der Waals surface area contributed by atoms with Crippen molar-refractivity contribution in [2.24, 2.45) is 0 Å². The molecule has 1 saturated carbocycles. The zero-order valence-electron chi connectivity index (χ0n) is 14.6. The Kier molecular flexibility index (Phi) is 4.33. The van der Waals surface area contributed by atoms with Crippen molar-refractivity contribution >= 4 is 5.78 Å². The minimum Gasteiger partial charge on any atom is -0.504 e. The van der Waals surface area contributed by atoms with Crippen LogP contribution in [0.25, 0.3) is 0 Å². The lowest BCUT2D eigenvalue weighted by molar-refractivity contribution is -0.171. The predicted octanol–water partition coefficient (Wildman–Crippen LogP) is 2.73. The fourth-order valence-electron chi connectivity index (χ4n) is 4.23. The third kappa shape index (κ3) is 2.87. The van der Waals surface area contributed by atoms with Gasteiger partial charge in [0.1, 0.15) is 0 Å². The van der Waals surface area contributed by atoms with Gasteiger partial charge >= 0.3 is 0 Å². The maximum atomic E-state index is 11.8. The van der Waals surface area contributed by atoms with Gasteiger partial charge in [-0.1, -0.05) is 6.42 Å². The van der Waals surface area contributed by atoms with E-state index in [1.54, 1.807) is 12.1 Å². The number of phenols is 1. The van der Waals surface area contributed by atoms with Crippen molar-refractivity contribution in [3.8, 4) is 17.2 Å². The molecular formula is C19H25NO5. The Bertz CT molecular complexity index is 662. The van der Waals surface area contributed by atoms with Crippen molar-refractivity contribution in [1.29, 1.82) is 0 Å². The normalized spacial score (nSPS) is 25.7. The highest BCUT2D eigenvalue weighted by Crippen LogP contribution is 2.50. The highest BCUT2D eigenvalue weighted by molar-refractivity contribution is 5.98. The number of carbonyl (C=O) groups excluding carboxylic acids is 1. The van der Waals surface area contributed by atoms with E-state index in [1.807, 2.05) is 0 Å². The lowest BCUT2D eigenvalue weighted by Gasteiger charge is -2.50. The lowest BCUT2D eigenvalue weighted by atomic mass is 9.81. The van der Waals surface area contributed by atoms with Crippen molar-refractivity contribution in [2.75, 3.05) is 26.3 Å². The molecule has 0 amide bonds. The predicted molar refractivity (Wildman–Crippen MR) is 91.4 cm³/mol. The van der Waals surface area contributed by atoms with E-state index in [2.05, 4.69) is 4.90 Å². The van der Waals surface area contributed by atoms with Crippen molar-refractivity contribution in [1.82, 2.24) is 4.90 Å². The fraction of sp³-hybridized carbons (Fsp3) is 0.632. The van der Waals surface area contributed by atoms with Crippen LogP contribution in [0.15, 0.2) is 12.1 Å². The molecule has 1 aromatic rings. The summed E-state index contributed by atoms with van der Waals surface area (Å²) >= 11 is 0. The largest absolute Gasteiger partial charge is 0.504 e. The number of ether oxygens (including phenoxy) is 3. The van der Waals surface area contributed by atoms with Gasteiger partial charge in [-0.2, -0.15) is 0 Å². The molecule has 2 aliphatic heterocycles. The standard InChI is InChI=1S/C19H25NO5/c1-13(21)14-5-6-15-17(16(14)22)25-19(7-3-2-4-8-19)18(24-15)20-9-11-23-12-10-20/h5-6,18,22H,2-4,7-12H2,1H3. The second kappa shape index (κ2) is 6.50. The number of rotatable bonds is 2.